The van der Waals surface area contributed by atoms with Crippen molar-refractivity contribution in [3.05, 3.63) is 63.8 Å². The lowest BCUT2D eigenvalue weighted by molar-refractivity contribution is 0.183. The van der Waals surface area contributed by atoms with Gasteiger partial charge in [-0.15, -0.1) is 0 Å². The molecule has 5 rings (SSSR count). The van der Waals surface area contributed by atoms with Gasteiger partial charge >= 0.3 is 0 Å². The van der Waals surface area contributed by atoms with Gasteiger partial charge in [0.2, 0.25) is 0 Å². The highest BCUT2D eigenvalue weighted by Crippen LogP contribution is 2.37. The second-order valence-corrected chi connectivity index (χ2v) is 9.27. The molecular weight excluding hydrogens is 408 g/mol. The molecule has 0 amide bonds. The first-order valence-corrected chi connectivity index (χ1v) is 11.5. The van der Waals surface area contributed by atoms with E-state index in [-0.39, 0.29) is 11.6 Å². The Morgan fingerprint density at radius 3 is 2.65 bits per heavy atom. The topological polar surface area (TPSA) is 52.2 Å². The summed E-state index contributed by atoms with van der Waals surface area (Å²) in [6.45, 7) is 6.65. The first-order chi connectivity index (χ1) is 15.0. The fourth-order valence-electron chi connectivity index (χ4n) is 5.10. The molecule has 0 unspecified atom stereocenters. The van der Waals surface area contributed by atoms with Crippen LogP contribution in [0, 0.1) is 11.8 Å². The van der Waals surface area contributed by atoms with Crippen molar-refractivity contribution in [2.75, 3.05) is 0 Å². The van der Waals surface area contributed by atoms with Crippen LogP contribution < -0.4 is 5.56 Å². The Morgan fingerprint density at radius 2 is 1.90 bits per heavy atom. The Balaban J connectivity index is 1.70. The van der Waals surface area contributed by atoms with Gasteiger partial charge in [0, 0.05) is 29.0 Å². The molecule has 0 aliphatic heterocycles. The van der Waals surface area contributed by atoms with Crippen LogP contribution in [0.5, 0.6) is 0 Å². The van der Waals surface area contributed by atoms with Gasteiger partial charge in [-0.3, -0.25) is 4.79 Å². The molecule has 1 aliphatic rings. The Bertz CT molecular complexity index is 1320. The quantitative estimate of drug-likeness (QED) is 0.402. The lowest BCUT2D eigenvalue weighted by Gasteiger charge is -2.35. The molecule has 0 radical (unpaired) electrons. The molecule has 4 aromatic rings. The minimum atomic E-state index is 0.0273. The molecule has 0 N–H and O–H groups in total. The van der Waals surface area contributed by atoms with E-state index in [1.807, 2.05) is 45.6 Å². The number of hydrogen-bond acceptors (Lipinski definition) is 3. The highest BCUT2D eigenvalue weighted by atomic mass is 35.5. The molecule has 3 atom stereocenters. The zero-order valence-corrected chi connectivity index (χ0v) is 18.9. The van der Waals surface area contributed by atoms with Gasteiger partial charge in [0.15, 0.2) is 5.65 Å². The first-order valence-electron chi connectivity index (χ1n) is 11.2. The summed E-state index contributed by atoms with van der Waals surface area (Å²) in [5, 5.41) is 6.16. The van der Waals surface area contributed by atoms with Crippen LogP contribution >= 0.6 is 11.6 Å². The van der Waals surface area contributed by atoms with Crippen molar-refractivity contribution in [3.63, 3.8) is 0 Å². The Morgan fingerprint density at radius 1 is 1.13 bits per heavy atom. The van der Waals surface area contributed by atoms with Crippen LogP contribution in [-0.4, -0.2) is 19.2 Å². The van der Waals surface area contributed by atoms with Crippen LogP contribution in [0.3, 0.4) is 0 Å². The van der Waals surface area contributed by atoms with E-state index in [0.29, 0.717) is 22.2 Å². The molecule has 1 saturated carbocycles. The summed E-state index contributed by atoms with van der Waals surface area (Å²) in [5.41, 5.74) is 4.59. The monoisotopic (exact) mass is 434 g/mol. The third kappa shape index (κ3) is 3.26. The Labute approximate surface area is 186 Å². The zero-order chi connectivity index (χ0) is 21.7. The van der Waals surface area contributed by atoms with Gasteiger partial charge in [-0.25, -0.2) is 9.50 Å². The van der Waals surface area contributed by atoms with Crippen molar-refractivity contribution in [1.29, 1.82) is 0 Å². The van der Waals surface area contributed by atoms with E-state index < -0.39 is 0 Å². The number of fused-ring (bicyclic) bond motifs is 3. The van der Waals surface area contributed by atoms with Gasteiger partial charge in [0.05, 0.1) is 16.6 Å². The second-order valence-electron chi connectivity index (χ2n) is 8.84. The van der Waals surface area contributed by atoms with Crippen LogP contribution in [0.1, 0.15) is 51.8 Å². The van der Waals surface area contributed by atoms with Crippen molar-refractivity contribution in [3.8, 4) is 11.1 Å². The normalized spacial score (nSPS) is 21.7. The van der Waals surface area contributed by atoms with E-state index in [1.165, 1.54) is 12.8 Å². The molecule has 6 heteroatoms. The maximum atomic E-state index is 13.5. The first kappa shape index (κ1) is 20.3. The molecule has 5 nitrogen and oxygen atoms in total. The van der Waals surface area contributed by atoms with Crippen LogP contribution in [-0.2, 0) is 6.42 Å². The smallest absolute Gasteiger partial charge is 0.261 e. The van der Waals surface area contributed by atoms with Gasteiger partial charge in [-0.05, 0) is 48.4 Å². The van der Waals surface area contributed by atoms with Crippen molar-refractivity contribution in [2.45, 2.75) is 52.5 Å². The van der Waals surface area contributed by atoms with E-state index in [1.54, 1.807) is 6.20 Å². The standard InChI is InChI=1S/C25H27ClN4O/c1-4-20-23(17-8-10-18(26)11-9-17)24-27-14-19-22(30(24)28-20)12-13-29(25(19)31)21-7-5-6-15(2)16(21)3/h8-16,21H,4-7H2,1-3H3/t15-,16+,21+/m1/s1. The zero-order valence-electron chi connectivity index (χ0n) is 18.2. The molecular formula is C25H27ClN4O. The van der Waals surface area contributed by atoms with Crippen LogP contribution in [0.15, 0.2) is 47.5 Å². The third-order valence-electron chi connectivity index (χ3n) is 7.10. The summed E-state index contributed by atoms with van der Waals surface area (Å²) in [4.78, 5) is 18.2. The molecule has 0 spiro atoms. The molecule has 160 valence electrons. The van der Waals surface area contributed by atoms with Crippen molar-refractivity contribution in [1.82, 2.24) is 19.2 Å². The summed E-state index contributed by atoms with van der Waals surface area (Å²) < 4.78 is 3.76. The highest BCUT2D eigenvalue weighted by molar-refractivity contribution is 6.30. The predicted octanol–water partition coefficient (Wildman–Crippen LogP) is 5.92. The number of halogens is 1. The van der Waals surface area contributed by atoms with Crippen molar-refractivity contribution >= 4 is 28.2 Å². The van der Waals surface area contributed by atoms with Gasteiger partial charge in [0.1, 0.15) is 0 Å². The second kappa shape index (κ2) is 7.79. The van der Waals surface area contributed by atoms with E-state index in [0.717, 1.165) is 40.8 Å². The molecule has 1 fully saturated rings. The van der Waals surface area contributed by atoms with Gasteiger partial charge < -0.3 is 4.57 Å². The number of nitrogens with zero attached hydrogens (tertiary/aromatic N) is 4. The average Bonchev–Trinajstić information content (AvgIpc) is 3.16. The van der Waals surface area contributed by atoms with Gasteiger partial charge in [-0.1, -0.05) is 57.3 Å². The summed E-state index contributed by atoms with van der Waals surface area (Å²) in [6, 6.07) is 10.0. The summed E-state index contributed by atoms with van der Waals surface area (Å²) in [7, 11) is 0. The van der Waals surface area contributed by atoms with Crippen molar-refractivity contribution in [2.24, 2.45) is 11.8 Å². The minimum absolute atomic E-state index is 0.0273. The van der Waals surface area contributed by atoms with E-state index in [4.69, 9.17) is 21.7 Å². The summed E-state index contributed by atoms with van der Waals surface area (Å²) in [6.07, 6.45) is 7.91. The van der Waals surface area contributed by atoms with Crippen LogP contribution in [0.4, 0.5) is 0 Å². The average molecular weight is 435 g/mol. The Hall–Kier alpha value is -2.66. The van der Waals surface area contributed by atoms with Gasteiger partial charge in [-0.2, -0.15) is 5.10 Å². The number of rotatable bonds is 3. The fraction of sp³-hybridized carbons (Fsp3) is 0.400. The van der Waals surface area contributed by atoms with Crippen molar-refractivity contribution < 1.29 is 0 Å². The van der Waals surface area contributed by atoms with Gasteiger partial charge in [0.25, 0.3) is 5.56 Å². The predicted molar refractivity (Wildman–Crippen MR) is 126 cm³/mol. The SMILES string of the molecule is CCc1nn2c(ncc3c(=O)n([C@H]4CCC[C@@H](C)[C@@H]4C)ccc32)c1-c1ccc(Cl)cc1. The maximum absolute atomic E-state index is 13.5. The fourth-order valence-corrected chi connectivity index (χ4v) is 5.22. The summed E-state index contributed by atoms with van der Waals surface area (Å²) >= 11 is 6.09. The molecule has 0 saturated heterocycles. The molecule has 0 bridgehead atoms. The highest BCUT2D eigenvalue weighted by Gasteiger charge is 2.29. The molecule has 3 heterocycles. The maximum Gasteiger partial charge on any atom is 0.261 e. The number of benzene rings is 1. The number of hydrogen-bond donors (Lipinski definition) is 0. The molecule has 1 aromatic carbocycles. The number of pyridine rings is 1. The summed E-state index contributed by atoms with van der Waals surface area (Å²) in [5.74, 6) is 1.11. The Kier molecular flexibility index (Phi) is 5.09. The minimum Gasteiger partial charge on any atom is -0.311 e. The van der Waals surface area contributed by atoms with E-state index in [9.17, 15) is 4.79 Å². The largest absolute Gasteiger partial charge is 0.311 e. The molecule has 31 heavy (non-hydrogen) atoms. The van der Waals surface area contributed by atoms with E-state index in [2.05, 4.69) is 20.8 Å². The lowest BCUT2D eigenvalue weighted by atomic mass is 9.78. The number of aromatic nitrogens is 4. The lowest BCUT2D eigenvalue weighted by Crippen LogP contribution is -2.33. The van der Waals surface area contributed by atoms with Crippen LogP contribution in [0.2, 0.25) is 5.02 Å². The van der Waals surface area contributed by atoms with Crippen LogP contribution in [0.25, 0.3) is 27.7 Å². The van der Waals surface area contributed by atoms with E-state index >= 15 is 0 Å². The number of aryl methyl sites for hydroxylation is 1. The molecule has 3 aromatic heterocycles. The molecule has 1 aliphatic carbocycles. The third-order valence-corrected chi connectivity index (χ3v) is 7.35.